The van der Waals surface area contributed by atoms with Crippen LogP contribution < -0.4 is 15.4 Å². The molecule has 0 heterocycles. The molecule has 7 nitrogen and oxygen atoms in total. The number of sulfonamides is 1. The summed E-state index contributed by atoms with van der Waals surface area (Å²) in [6.07, 6.45) is 0.171. The smallest absolute Gasteiger partial charge is 0.251 e. The van der Waals surface area contributed by atoms with Crippen LogP contribution in [0.4, 0.5) is 0 Å². The highest BCUT2D eigenvalue weighted by atomic mass is 32.2. The summed E-state index contributed by atoms with van der Waals surface area (Å²) in [5.41, 5.74) is 3.27. The first-order valence-electron chi connectivity index (χ1n) is 10.1. The van der Waals surface area contributed by atoms with Gasteiger partial charge < -0.3 is 10.6 Å². The van der Waals surface area contributed by atoms with Gasteiger partial charge in [0.2, 0.25) is 15.9 Å². The number of nitrogens with one attached hydrogen (secondary N) is 3. The van der Waals surface area contributed by atoms with E-state index in [9.17, 15) is 18.0 Å². The highest BCUT2D eigenvalue weighted by Crippen LogP contribution is 2.22. The van der Waals surface area contributed by atoms with Gasteiger partial charge in [0.25, 0.3) is 5.91 Å². The van der Waals surface area contributed by atoms with Crippen molar-refractivity contribution in [2.24, 2.45) is 0 Å². The fourth-order valence-corrected chi connectivity index (χ4v) is 3.62. The molecule has 168 valence electrons. The molecule has 0 bridgehead atoms. The van der Waals surface area contributed by atoms with Gasteiger partial charge in [-0.2, -0.15) is 0 Å². The van der Waals surface area contributed by atoms with Crippen LogP contribution in [0.15, 0.2) is 48.5 Å². The van der Waals surface area contributed by atoms with E-state index in [1.807, 2.05) is 12.1 Å². The summed E-state index contributed by atoms with van der Waals surface area (Å²) < 4.78 is 25.4. The van der Waals surface area contributed by atoms with E-state index in [4.69, 9.17) is 0 Å². The normalized spacial score (nSPS) is 11.7. The second-order valence-electron chi connectivity index (χ2n) is 8.39. The molecule has 0 spiro atoms. The van der Waals surface area contributed by atoms with Crippen LogP contribution in [0, 0.1) is 0 Å². The molecule has 8 heteroatoms. The predicted octanol–water partition coefficient (Wildman–Crippen LogP) is 2.47. The van der Waals surface area contributed by atoms with Gasteiger partial charge in [-0.25, -0.2) is 13.1 Å². The third kappa shape index (κ3) is 8.15. The highest BCUT2D eigenvalue weighted by molar-refractivity contribution is 7.88. The fraction of sp³-hybridized carbons (Fsp3) is 0.391. The summed E-state index contributed by atoms with van der Waals surface area (Å²) in [5, 5.41) is 5.55. The zero-order valence-corrected chi connectivity index (χ0v) is 19.3. The van der Waals surface area contributed by atoms with Crippen LogP contribution >= 0.6 is 0 Å². The fourth-order valence-electron chi connectivity index (χ4n) is 2.85. The van der Waals surface area contributed by atoms with Crippen molar-refractivity contribution in [1.82, 2.24) is 15.4 Å². The number of carbonyl (C=O) groups excluding carboxylic acids is 2. The molecule has 0 aliphatic heterocycles. The van der Waals surface area contributed by atoms with E-state index in [0.717, 1.165) is 11.1 Å². The monoisotopic (exact) mass is 445 g/mol. The summed E-state index contributed by atoms with van der Waals surface area (Å²) in [4.78, 5) is 24.3. The molecule has 0 aliphatic rings. The lowest BCUT2D eigenvalue weighted by molar-refractivity contribution is -0.121. The molecule has 2 amide bonds. The molecule has 2 aromatic carbocycles. The molecular formula is C23H31N3O4S. The maximum absolute atomic E-state index is 12.2. The Balaban J connectivity index is 1.74. The highest BCUT2D eigenvalue weighted by Gasteiger charge is 2.14. The van der Waals surface area contributed by atoms with E-state index >= 15 is 0 Å². The van der Waals surface area contributed by atoms with E-state index in [-0.39, 0.29) is 35.9 Å². The standard InChI is InChI=1S/C23H31N3O4S/c1-23(2,3)20-11-9-19(10-12-20)22(28)25-14-13-21(27)26-15-17-5-7-18(8-6-17)16-31(29,30)24-4/h5-12,24H,13-16H2,1-4H3,(H,25,28)(H,26,27). The average molecular weight is 446 g/mol. The summed E-state index contributed by atoms with van der Waals surface area (Å²) in [6, 6.07) is 14.5. The molecule has 2 rings (SSSR count). The Morgan fingerprint density at radius 1 is 0.871 bits per heavy atom. The van der Waals surface area contributed by atoms with Gasteiger partial charge in [0, 0.05) is 25.1 Å². The van der Waals surface area contributed by atoms with Crippen LogP contribution in [0.25, 0.3) is 0 Å². The van der Waals surface area contributed by atoms with Crippen LogP contribution in [0.5, 0.6) is 0 Å². The number of hydrogen-bond acceptors (Lipinski definition) is 4. The second-order valence-corrected chi connectivity index (χ2v) is 10.3. The lowest BCUT2D eigenvalue weighted by Gasteiger charge is -2.19. The van der Waals surface area contributed by atoms with Gasteiger partial charge in [-0.1, -0.05) is 57.2 Å². The van der Waals surface area contributed by atoms with E-state index < -0.39 is 10.0 Å². The molecule has 0 saturated carbocycles. The third-order valence-electron chi connectivity index (χ3n) is 4.83. The quantitative estimate of drug-likeness (QED) is 0.551. The maximum atomic E-state index is 12.2. The molecule has 0 atom stereocenters. The molecule has 2 aromatic rings. The van der Waals surface area contributed by atoms with E-state index in [1.165, 1.54) is 7.05 Å². The largest absolute Gasteiger partial charge is 0.352 e. The second kappa shape index (κ2) is 10.5. The summed E-state index contributed by atoms with van der Waals surface area (Å²) in [7, 11) is -1.93. The van der Waals surface area contributed by atoms with Crippen molar-refractivity contribution in [2.45, 2.75) is 44.9 Å². The first-order chi connectivity index (χ1) is 14.5. The topological polar surface area (TPSA) is 104 Å². The Morgan fingerprint density at radius 2 is 1.45 bits per heavy atom. The van der Waals surface area contributed by atoms with E-state index in [1.54, 1.807) is 36.4 Å². The van der Waals surface area contributed by atoms with Gasteiger partial charge in [0.05, 0.1) is 5.75 Å². The SMILES string of the molecule is CNS(=O)(=O)Cc1ccc(CNC(=O)CCNC(=O)c2ccc(C(C)(C)C)cc2)cc1. The zero-order chi connectivity index (χ0) is 23.1. The Bertz CT molecular complexity index is 993. The molecule has 0 aliphatic carbocycles. The average Bonchev–Trinajstić information content (AvgIpc) is 2.72. The summed E-state index contributed by atoms with van der Waals surface area (Å²) in [5.74, 6) is -0.472. The predicted molar refractivity (Wildman–Crippen MR) is 122 cm³/mol. The Hall–Kier alpha value is -2.71. The Labute approximate surface area is 184 Å². The van der Waals surface area contributed by atoms with Crippen molar-refractivity contribution in [3.63, 3.8) is 0 Å². The molecule has 3 N–H and O–H groups in total. The van der Waals surface area contributed by atoms with Crippen molar-refractivity contribution in [3.8, 4) is 0 Å². The van der Waals surface area contributed by atoms with Crippen LogP contribution in [-0.4, -0.2) is 33.8 Å². The van der Waals surface area contributed by atoms with Crippen molar-refractivity contribution in [1.29, 1.82) is 0 Å². The lowest BCUT2D eigenvalue weighted by Crippen LogP contribution is -2.30. The number of rotatable bonds is 9. The molecule has 0 fully saturated rings. The zero-order valence-electron chi connectivity index (χ0n) is 18.5. The van der Waals surface area contributed by atoms with Crippen molar-refractivity contribution in [2.75, 3.05) is 13.6 Å². The van der Waals surface area contributed by atoms with Gasteiger partial charge in [0.15, 0.2) is 0 Å². The van der Waals surface area contributed by atoms with Crippen molar-refractivity contribution >= 4 is 21.8 Å². The van der Waals surface area contributed by atoms with Crippen molar-refractivity contribution in [3.05, 3.63) is 70.8 Å². The molecule has 0 unspecified atom stereocenters. The van der Waals surface area contributed by atoms with Crippen LogP contribution in [0.1, 0.15) is 54.2 Å². The van der Waals surface area contributed by atoms with Crippen LogP contribution in [0.3, 0.4) is 0 Å². The van der Waals surface area contributed by atoms with Gasteiger partial charge in [-0.3, -0.25) is 9.59 Å². The van der Waals surface area contributed by atoms with Gasteiger partial charge in [-0.05, 0) is 41.3 Å². The molecule has 0 radical (unpaired) electrons. The minimum absolute atomic E-state index is 0.0256. The Kier molecular flexibility index (Phi) is 8.36. The first-order valence-corrected chi connectivity index (χ1v) is 11.8. The van der Waals surface area contributed by atoms with Gasteiger partial charge >= 0.3 is 0 Å². The van der Waals surface area contributed by atoms with Crippen molar-refractivity contribution < 1.29 is 18.0 Å². The molecule has 31 heavy (non-hydrogen) atoms. The third-order valence-corrected chi connectivity index (χ3v) is 6.17. The molecule has 0 saturated heterocycles. The molecule has 0 aromatic heterocycles. The van der Waals surface area contributed by atoms with Gasteiger partial charge in [0.1, 0.15) is 0 Å². The van der Waals surface area contributed by atoms with E-state index in [2.05, 4.69) is 36.1 Å². The number of carbonyl (C=O) groups is 2. The van der Waals surface area contributed by atoms with Crippen LogP contribution in [0.2, 0.25) is 0 Å². The first kappa shape index (κ1) is 24.6. The minimum atomic E-state index is -3.31. The number of benzene rings is 2. The number of amides is 2. The Morgan fingerprint density at radius 3 is 2.00 bits per heavy atom. The van der Waals surface area contributed by atoms with Gasteiger partial charge in [-0.15, -0.1) is 0 Å². The number of hydrogen-bond donors (Lipinski definition) is 3. The molecular weight excluding hydrogens is 414 g/mol. The summed E-state index contributed by atoms with van der Waals surface area (Å²) in [6.45, 7) is 6.92. The lowest BCUT2D eigenvalue weighted by atomic mass is 9.87. The summed E-state index contributed by atoms with van der Waals surface area (Å²) >= 11 is 0. The van der Waals surface area contributed by atoms with E-state index in [0.29, 0.717) is 17.7 Å². The van der Waals surface area contributed by atoms with Crippen LogP contribution in [-0.2, 0) is 32.5 Å². The minimum Gasteiger partial charge on any atom is -0.352 e. The maximum Gasteiger partial charge on any atom is 0.251 e.